The maximum absolute atomic E-state index is 5.98. The van der Waals surface area contributed by atoms with Crippen molar-refractivity contribution >= 4 is 33.0 Å². The van der Waals surface area contributed by atoms with Crippen molar-refractivity contribution in [3.63, 3.8) is 0 Å². The number of hydrogen-bond donors (Lipinski definition) is 1. The van der Waals surface area contributed by atoms with Gasteiger partial charge in [0.15, 0.2) is 0 Å². The van der Waals surface area contributed by atoms with Gasteiger partial charge in [-0.25, -0.2) is 0 Å². The van der Waals surface area contributed by atoms with Crippen molar-refractivity contribution in [2.45, 2.75) is 6.42 Å². The molecule has 0 saturated carbocycles. The molecule has 2 N–H and O–H groups in total. The van der Waals surface area contributed by atoms with Crippen LogP contribution in [0.1, 0.15) is 5.56 Å². The molecule has 0 unspecified atom stereocenters. The van der Waals surface area contributed by atoms with Crippen LogP contribution in [0.3, 0.4) is 0 Å². The average Bonchev–Trinajstić information content (AvgIpc) is 2.57. The number of halogens is 1. The van der Waals surface area contributed by atoms with Crippen molar-refractivity contribution in [2.75, 3.05) is 13.7 Å². The minimum absolute atomic E-state index is 0.647. The summed E-state index contributed by atoms with van der Waals surface area (Å²) in [5, 5.41) is 1.08. The summed E-state index contributed by atoms with van der Waals surface area (Å²) in [7, 11) is 1.67. The number of benzene rings is 1. The summed E-state index contributed by atoms with van der Waals surface area (Å²) in [4.78, 5) is 0. The predicted octanol–water partition coefficient (Wildman–Crippen LogP) is 3.06. The molecule has 0 aliphatic carbocycles. The second-order valence-electron chi connectivity index (χ2n) is 3.30. The third kappa shape index (κ3) is 2.09. The highest BCUT2D eigenvalue weighted by atomic mass is 35.5. The zero-order valence-electron chi connectivity index (χ0n) is 8.42. The summed E-state index contributed by atoms with van der Waals surface area (Å²) in [6.07, 6.45) is 0.863. The van der Waals surface area contributed by atoms with Crippen LogP contribution >= 0.6 is 22.9 Å². The number of ether oxygens (including phenoxy) is 1. The van der Waals surface area contributed by atoms with Crippen molar-refractivity contribution in [2.24, 2.45) is 5.73 Å². The van der Waals surface area contributed by atoms with Gasteiger partial charge in [0.25, 0.3) is 0 Å². The molecule has 1 aromatic heterocycles. The number of methoxy groups -OCH3 is 1. The highest BCUT2D eigenvalue weighted by Crippen LogP contribution is 2.36. The minimum Gasteiger partial charge on any atom is -0.496 e. The van der Waals surface area contributed by atoms with Crippen molar-refractivity contribution in [3.8, 4) is 5.75 Å². The van der Waals surface area contributed by atoms with Gasteiger partial charge in [-0.05, 0) is 36.7 Å². The minimum atomic E-state index is 0.647. The summed E-state index contributed by atoms with van der Waals surface area (Å²) >= 11 is 7.55. The first-order valence-electron chi connectivity index (χ1n) is 4.70. The van der Waals surface area contributed by atoms with Gasteiger partial charge in [0.1, 0.15) is 5.75 Å². The Hall–Kier alpha value is -0.770. The van der Waals surface area contributed by atoms with Crippen LogP contribution in [-0.2, 0) is 6.42 Å². The van der Waals surface area contributed by atoms with E-state index in [9.17, 15) is 0 Å². The molecule has 1 aromatic carbocycles. The second kappa shape index (κ2) is 4.39. The summed E-state index contributed by atoms with van der Waals surface area (Å²) in [6.45, 7) is 0.647. The molecule has 15 heavy (non-hydrogen) atoms. The summed E-state index contributed by atoms with van der Waals surface area (Å²) in [5.41, 5.74) is 6.73. The van der Waals surface area contributed by atoms with Crippen LogP contribution in [0.5, 0.6) is 5.75 Å². The van der Waals surface area contributed by atoms with E-state index in [0.29, 0.717) is 6.54 Å². The molecule has 0 aliphatic rings. The van der Waals surface area contributed by atoms with E-state index in [1.54, 1.807) is 18.4 Å². The number of nitrogens with two attached hydrogens (primary N) is 1. The molecular weight excluding hydrogens is 230 g/mol. The van der Waals surface area contributed by atoms with Crippen LogP contribution < -0.4 is 10.5 Å². The lowest BCUT2D eigenvalue weighted by Crippen LogP contribution is -2.02. The number of fused-ring (bicyclic) bond motifs is 1. The van der Waals surface area contributed by atoms with Crippen molar-refractivity contribution in [1.29, 1.82) is 0 Å². The van der Waals surface area contributed by atoms with Crippen LogP contribution in [0.4, 0.5) is 0 Å². The van der Waals surface area contributed by atoms with Gasteiger partial charge in [0, 0.05) is 10.1 Å². The van der Waals surface area contributed by atoms with Crippen LogP contribution in [0.2, 0.25) is 4.34 Å². The van der Waals surface area contributed by atoms with Gasteiger partial charge in [-0.2, -0.15) is 0 Å². The highest BCUT2D eigenvalue weighted by molar-refractivity contribution is 7.22. The van der Waals surface area contributed by atoms with Crippen LogP contribution in [0.15, 0.2) is 18.2 Å². The summed E-state index contributed by atoms with van der Waals surface area (Å²) in [5.74, 6) is 0.874. The van der Waals surface area contributed by atoms with E-state index in [1.807, 2.05) is 12.1 Å². The van der Waals surface area contributed by atoms with Gasteiger partial charge >= 0.3 is 0 Å². The van der Waals surface area contributed by atoms with E-state index < -0.39 is 0 Å². The molecule has 80 valence electrons. The first-order chi connectivity index (χ1) is 7.24. The fourth-order valence-electron chi connectivity index (χ4n) is 1.61. The molecule has 0 atom stereocenters. The van der Waals surface area contributed by atoms with E-state index in [0.717, 1.165) is 26.6 Å². The molecule has 4 heteroatoms. The van der Waals surface area contributed by atoms with E-state index >= 15 is 0 Å². The molecule has 2 rings (SSSR count). The Bertz CT molecular complexity index is 481. The molecule has 0 aliphatic heterocycles. The Morgan fingerprint density at radius 1 is 1.40 bits per heavy atom. The van der Waals surface area contributed by atoms with Crippen molar-refractivity contribution in [3.05, 3.63) is 28.1 Å². The van der Waals surface area contributed by atoms with Crippen molar-refractivity contribution < 1.29 is 4.74 Å². The molecule has 2 nitrogen and oxygen atoms in total. The Kier molecular flexibility index (Phi) is 3.14. The summed E-state index contributed by atoms with van der Waals surface area (Å²) in [6, 6.07) is 6.09. The summed E-state index contributed by atoms with van der Waals surface area (Å²) < 4.78 is 7.28. The van der Waals surface area contributed by atoms with Crippen LogP contribution in [0, 0.1) is 0 Å². The normalized spacial score (nSPS) is 10.9. The molecule has 1 heterocycles. The molecule has 0 radical (unpaired) electrons. The van der Waals surface area contributed by atoms with Gasteiger partial charge in [0.2, 0.25) is 0 Å². The monoisotopic (exact) mass is 241 g/mol. The molecule has 0 bridgehead atoms. The third-order valence-corrected chi connectivity index (χ3v) is 3.49. The standard InChI is InChI=1S/C11H12ClNOS/c1-14-9-4-7(2-3-13)5-10-8(9)6-11(12)15-10/h4-6H,2-3,13H2,1H3. The SMILES string of the molecule is COc1cc(CCN)cc2sc(Cl)cc12. The van der Waals surface area contributed by atoms with E-state index in [2.05, 4.69) is 6.07 Å². The first kappa shape index (κ1) is 10.7. The zero-order valence-corrected chi connectivity index (χ0v) is 9.99. The number of rotatable bonds is 3. The fourth-order valence-corrected chi connectivity index (χ4v) is 2.84. The molecule has 0 amide bonds. The van der Waals surface area contributed by atoms with Gasteiger partial charge < -0.3 is 10.5 Å². The van der Waals surface area contributed by atoms with E-state index in [4.69, 9.17) is 22.1 Å². The van der Waals surface area contributed by atoms with Gasteiger partial charge in [0.05, 0.1) is 11.4 Å². The largest absolute Gasteiger partial charge is 0.496 e. The molecule has 2 aromatic rings. The van der Waals surface area contributed by atoms with Gasteiger partial charge in [-0.15, -0.1) is 11.3 Å². The quantitative estimate of drug-likeness (QED) is 0.897. The van der Waals surface area contributed by atoms with Crippen LogP contribution in [-0.4, -0.2) is 13.7 Å². The lowest BCUT2D eigenvalue weighted by molar-refractivity contribution is 0.419. The van der Waals surface area contributed by atoms with Gasteiger partial charge in [-0.3, -0.25) is 0 Å². The zero-order chi connectivity index (χ0) is 10.8. The fraction of sp³-hybridized carbons (Fsp3) is 0.273. The Morgan fingerprint density at radius 3 is 2.87 bits per heavy atom. The molecule has 0 saturated heterocycles. The molecule has 0 spiro atoms. The van der Waals surface area contributed by atoms with Gasteiger partial charge in [-0.1, -0.05) is 11.6 Å². The topological polar surface area (TPSA) is 35.2 Å². The molecular formula is C11H12ClNOS. The average molecular weight is 242 g/mol. The Balaban J connectivity index is 2.59. The third-order valence-electron chi connectivity index (χ3n) is 2.28. The maximum Gasteiger partial charge on any atom is 0.127 e. The van der Waals surface area contributed by atoms with E-state index in [1.165, 1.54) is 5.56 Å². The first-order valence-corrected chi connectivity index (χ1v) is 5.90. The Labute approximate surface area is 97.6 Å². The highest BCUT2D eigenvalue weighted by Gasteiger charge is 2.07. The lowest BCUT2D eigenvalue weighted by Gasteiger charge is -2.05. The maximum atomic E-state index is 5.98. The predicted molar refractivity (Wildman–Crippen MR) is 66.1 cm³/mol. The smallest absolute Gasteiger partial charge is 0.127 e. The second-order valence-corrected chi connectivity index (χ2v) is 5.01. The Morgan fingerprint density at radius 2 is 2.20 bits per heavy atom. The van der Waals surface area contributed by atoms with Crippen molar-refractivity contribution in [1.82, 2.24) is 0 Å². The lowest BCUT2D eigenvalue weighted by atomic mass is 10.1. The number of hydrogen-bond acceptors (Lipinski definition) is 3. The van der Waals surface area contributed by atoms with E-state index in [-0.39, 0.29) is 0 Å². The molecule has 0 fully saturated rings. The van der Waals surface area contributed by atoms with Crippen LogP contribution in [0.25, 0.3) is 10.1 Å². The number of thiophene rings is 1.